The van der Waals surface area contributed by atoms with E-state index in [-0.39, 0.29) is 103 Å². The molecule has 2 fully saturated rings. The van der Waals surface area contributed by atoms with Crippen LogP contribution < -0.4 is 29.3 Å². The topological polar surface area (TPSA) is 202 Å². The molecule has 12 rings (SSSR count). The second-order valence-electron chi connectivity index (χ2n) is 26.2. The molecule has 93 heavy (non-hydrogen) atoms. The molecule has 1 unspecified atom stereocenters. The number of Topliss-reactive ketones (excluding diaryl/α,β-unsaturated/α-hetero) is 2. The number of nitrogens with one attached hydrogen (secondary N) is 1. The van der Waals surface area contributed by atoms with Crippen molar-refractivity contribution >= 4 is 58.2 Å². The number of hydrogen-bond donors (Lipinski definition) is 2. The second kappa shape index (κ2) is 27.0. The first-order valence-corrected chi connectivity index (χ1v) is 32.4. The molecular formula is C76H79N5O12. The number of hydrogen-bond acceptors (Lipinski definition) is 12. The van der Waals surface area contributed by atoms with Gasteiger partial charge >= 0.3 is 6.09 Å². The van der Waals surface area contributed by atoms with E-state index in [1.165, 1.54) is 10.5 Å². The van der Waals surface area contributed by atoms with Crippen LogP contribution in [0.15, 0.2) is 128 Å². The zero-order valence-electron chi connectivity index (χ0n) is 53.6. The molecule has 5 amide bonds. The van der Waals surface area contributed by atoms with Gasteiger partial charge in [-0.3, -0.25) is 28.8 Å². The van der Waals surface area contributed by atoms with E-state index in [0.29, 0.717) is 77.5 Å². The Hall–Kier alpha value is -9.53. The van der Waals surface area contributed by atoms with Gasteiger partial charge in [0.05, 0.1) is 55.9 Å². The number of aryl methyl sites for hydroxylation is 3. The third kappa shape index (κ3) is 13.7. The normalized spacial score (nSPS) is 18.7. The van der Waals surface area contributed by atoms with Crippen molar-refractivity contribution in [3.8, 4) is 29.1 Å². The van der Waals surface area contributed by atoms with E-state index in [4.69, 9.17) is 18.9 Å². The van der Waals surface area contributed by atoms with E-state index in [2.05, 4.69) is 48.3 Å². The molecule has 480 valence electrons. The molecule has 1 saturated heterocycles. The molecule has 0 bridgehead atoms. The van der Waals surface area contributed by atoms with E-state index >= 15 is 0 Å². The predicted octanol–water partition coefficient (Wildman–Crippen LogP) is 11.4. The number of nitrogens with zero attached hydrogens (tertiary/aromatic N) is 4. The Bertz CT molecular complexity index is 4030. The van der Waals surface area contributed by atoms with Crippen molar-refractivity contribution in [2.24, 2.45) is 17.3 Å². The van der Waals surface area contributed by atoms with Crippen LogP contribution in [0.5, 0.6) is 17.2 Å². The summed E-state index contributed by atoms with van der Waals surface area (Å²) in [5, 5.41) is 15.0. The summed E-state index contributed by atoms with van der Waals surface area (Å²) >= 11 is 0. The van der Waals surface area contributed by atoms with Gasteiger partial charge in [-0.2, -0.15) is 0 Å². The number of amides is 5. The summed E-state index contributed by atoms with van der Waals surface area (Å²) in [5.74, 6) is 5.39. The maximum Gasteiger partial charge on any atom is 0.416 e. The van der Waals surface area contributed by atoms with Crippen molar-refractivity contribution < 1.29 is 57.6 Å². The van der Waals surface area contributed by atoms with Crippen LogP contribution in [-0.4, -0.2) is 107 Å². The lowest BCUT2D eigenvalue weighted by Gasteiger charge is -2.31. The number of fused-ring (bicyclic) bond motifs is 6. The minimum absolute atomic E-state index is 0.00725. The first-order chi connectivity index (χ1) is 44.8. The number of benzene rings is 6. The molecule has 0 radical (unpaired) electrons. The molecule has 0 aromatic heterocycles. The lowest BCUT2D eigenvalue weighted by molar-refractivity contribution is -0.133. The fraction of sp³-hybridized carbons (Fsp3) is 0.382. The average molecular weight is 1250 g/mol. The molecule has 6 aromatic carbocycles. The van der Waals surface area contributed by atoms with Crippen LogP contribution in [0, 0.1) is 42.9 Å². The maximum absolute atomic E-state index is 14.5. The molecule has 17 heteroatoms. The molecule has 1 spiro atoms. The van der Waals surface area contributed by atoms with Gasteiger partial charge in [-0.15, -0.1) is 0 Å². The molecule has 6 aliphatic rings. The van der Waals surface area contributed by atoms with Crippen molar-refractivity contribution in [2.75, 3.05) is 36.7 Å². The van der Waals surface area contributed by atoms with E-state index < -0.39 is 36.2 Å². The zero-order valence-corrected chi connectivity index (χ0v) is 53.6. The van der Waals surface area contributed by atoms with Gasteiger partial charge in [-0.25, -0.2) is 9.69 Å². The summed E-state index contributed by atoms with van der Waals surface area (Å²) < 4.78 is 24.3. The number of ether oxygens (including phenoxy) is 4. The third-order valence-electron chi connectivity index (χ3n) is 19.3. The lowest BCUT2D eigenvalue weighted by atomic mass is 9.88. The van der Waals surface area contributed by atoms with Crippen LogP contribution in [0.25, 0.3) is 5.57 Å². The fourth-order valence-corrected chi connectivity index (χ4v) is 13.6. The average Bonchev–Trinajstić information content (AvgIpc) is 1.64. The maximum atomic E-state index is 14.5. The highest BCUT2D eigenvalue weighted by molar-refractivity contribution is 6.06. The second-order valence-corrected chi connectivity index (χ2v) is 26.2. The Labute approximate surface area is 543 Å². The van der Waals surface area contributed by atoms with E-state index in [1.807, 2.05) is 86.5 Å². The highest BCUT2D eigenvalue weighted by atomic mass is 16.6. The van der Waals surface area contributed by atoms with E-state index in [0.717, 1.165) is 59.1 Å². The van der Waals surface area contributed by atoms with Crippen LogP contribution in [0.2, 0.25) is 0 Å². The summed E-state index contributed by atoms with van der Waals surface area (Å²) in [4.78, 5) is 104. The number of aliphatic hydroxyl groups is 1. The Balaban J connectivity index is 0.642. The number of rotatable bonds is 21. The largest absolute Gasteiger partial charge is 0.493 e. The quantitative estimate of drug-likeness (QED) is 0.0511. The molecule has 5 atom stereocenters. The summed E-state index contributed by atoms with van der Waals surface area (Å²) in [7, 11) is 1.56. The molecule has 6 aromatic rings. The molecule has 5 aliphatic heterocycles. The van der Waals surface area contributed by atoms with Gasteiger partial charge in [-0.05, 0) is 146 Å². The Morgan fingerprint density at radius 3 is 2.20 bits per heavy atom. The predicted molar refractivity (Wildman–Crippen MR) is 352 cm³/mol. The minimum atomic E-state index is -1.42. The summed E-state index contributed by atoms with van der Waals surface area (Å²) in [6, 6.07) is 36.0. The molecule has 2 N–H and O–H groups in total. The van der Waals surface area contributed by atoms with Crippen molar-refractivity contribution in [1.29, 1.82) is 0 Å². The van der Waals surface area contributed by atoms with Gasteiger partial charge in [0.25, 0.3) is 11.8 Å². The van der Waals surface area contributed by atoms with Crippen molar-refractivity contribution in [2.45, 2.75) is 143 Å². The van der Waals surface area contributed by atoms with Gasteiger partial charge in [-0.1, -0.05) is 110 Å². The fourth-order valence-electron chi connectivity index (χ4n) is 13.6. The Morgan fingerprint density at radius 1 is 0.753 bits per heavy atom. The van der Waals surface area contributed by atoms with Crippen molar-refractivity contribution in [1.82, 2.24) is 15.1 Å². The first-order valence-electron chi connectivity index (χ1n) is 32.4. The van der Waals surface area contributed by atoms with Crippen LogP contribution >= 0.6 is 0 Å². The molecule has 1 aliphatic carbocycles. The lowest BCUT2D eigenvalue weighted by Crippen LogP contribution is -2.50. The van der Waals surface area contributed by atoms with Crippen LogP contribution in [-0.2, 0) is 49.9 Å². The minimum Gasteiger partial charge on any atom is -0.493 e. The van der Waals surface area contributed by atoms with Crippen LogP contribution in [0.4, 0.5) is 16.2 Å². The number of ketones is 2. The highest BCUT2D eigenvalue weighted by Crippen LogP contribution is 2.57. The van der Waals surface area contributed by atoms with Gasteiger partial charge in [0.15, 0.2) is 23.5 Å². The van der Waals surface area contributed by atoms with Crippen LogP contribution in [0.1, 0.15) is 149 Å². The number of methoxy groups -OCH3 is 1. The monoisotopic (exact) mass is 1250 g/mol. The van der Waals surface area contributed by atoms with E-state index in [9.17, 15) is 38.7 Å². The zero-order chi connectivity index (χ0) is 65.2. The molecule has 17 nitrogen and oxygen atoms in total. The number of anilines is 2. The molecule has 5 heterocycles. The van der Waals surface area contributed by atoms with E-state index in [1.54, 1.807) is 66.3 Å². The smallest absolute Gasteiger partial charge is 0.416 e. The molecular weight excluding hydrogens is 1170 g/mol. The number of para-hydroxylation sites is 1. The number of carbonyl (C=O) groups is 7. The SMILES string of the molecule is COc1cc2c(cc1OCCCOc1cc3c(cc1C)C(=O)N1CC4(CC4)C[C@H]1C(O)N3C(=O)OCc1ccc(CC(=O)[C@H](C)NC(=O)[C@@H](CC(=O)CCC(=O)N3Cc4ccccc4C#Cc4ccccc43)C(C)C)cc1)CC[C@@H]1CC(c3ccc(C)cc3)=CN1C2=O. The standard InChI is InChI=1S/C76H79N5O12/c1-46(2)60(38-59(82)28-29-70(84)79-42-56-14-8-7-12-52(56)24-25-54-13-9-10-15-63(54)79)71(85)77-49(5)66(83)35-50-18-20-51(21-19-50)44-93-75(89)81-64-40-67(48(4)34-62(64)73(87)80-45-76(30-31-76)41-65(80)74(81)88)91-32-11-33-92-69-37-55-26-27-58-36-57(53-22-16-47(3)17-23-53)43-78(58)72(86)61(55)39-68(69)90-6/h7-10,12-23,34,37,39-40,43,46,49,58,60,65,74,88H,11,26-33,35-36,38,41-42,44-45H2,1-6H3,(H,77,85)/t49-,58+,60-,65-,74?/m0/s1. The van der Waals surface area contributed by atoms with Gasteiger partial charge in [0.1, 0.15) is 18.1 Å². The van der Waals surface area contributed by atoms with Crippen molar-refractivity contribution in [3.05, 3.63) is 189 Å². The van der Waals surface area contributed by atoms with Gasteiger partial charge in [0.2, 0.25) is 11.8 Å². The highest BCUT2D eigenvalue weighted by Gasteiger charge is 2.58. The summed E-state index contributed by atoms with van der Waals surface area (Å²) in [5.41, 5.74) is 10.4. The Kier molecular flexibility index (Phi) is 18.4. The number of aliphatic hydroxyl groups excluding tert-OH is 1. The van der Waals surface area contributed by atoms with Gasteiger partial charge < -0.3 is 44.1 Å². The van der Waals surface area contributed by atoms with Gasteiger partial charge in [0, 0.05) is 79.6 Å². The first kappa shape index (κ1) is 63.6. The third-order valence-corrected chi connectivity index (χ3v) is 19.3. The van der Waals surface area contributed by atoms with Crippen LogP contribution in [0.3, 0.4) is 0 Å². The Morgan fingerprint density at radius 2 is 1.46 bits per heavy atom. The molecule has 1 saturated carbocycles. The van der Waals surface area contributed by atoms with Crippen molar-refractivity contribution in [3.63, 3.8) is 0 Å². The summed E-state index contributed by atoms with van der Waals surface area (Å²) in [6.07, 6.45) is 4.70. The summed E-state index contributed by atoms with van der Waals surface area (Å²) in [6.45, 7) is 10.3. The number of carbonyl (C=O) groups excluding carboxylic acids is 7.